The Labute approximate surface area is 159 Å². The van der Waals surface area contributed by atoms with Gasteiger partial charge in [0.25, 0.3) is 0 Å². The lowest BCUT2D eigenvalue weighted by Gasteiger charge is -2.03. The average molecular weight is 390 g/mol. The summed E-state index contributed by atoms with van der Waals surface area (Å²) in [5.41, 5.74) is 0.0459. The largest absolute Gasteiger partial charge is 0.478 e. The van der Waals surface area contributed by atoms with E-state index in [0.717, 1.165) is 12.3 Å². The first-order valence-electron chi connectivity index (χ1n) is 8.03. The summed E-state index contributed by atoms with van der Waals surface area (Å²) < 4.78 is 9.57. The van der Waals surface area contributed by atoms with Gasteiger partial charge in [0.1, 0.15) is 11.4 Å². The smallest absolute Gasteiger partial charge is 0.356 e. The molecule has 0 amide bonds. The molecule has 0 spiro atoms. The van der Waals surface area contributed by atoms with Gasteiger partial charge in [-0.15, -0.1) is 0 Å². The van der Waals surface area contributed by atoms with Crippen LogP contribution in [0.2, 0.25) is 0 Å². The van der Waals surface area contributed by atoms with E-state index < -0.39 is 23.9 Å². The second-order valence-electron chi connectivity index (χ2n) is 4.91. The van der Waals surface area contributed by atoms with Crippen LogP contribution in [-0.2, 0) is 9.47 Å². The van der Waals surface area contributed by atoms with Crippen LogP contribution in [0.4, 0.5) is 0 Å². The molecule has 0 saturated carbocycles. The average Bonchev–Trinajstić information content (AvgIpc) is 2.69. The van der Waals surface area contributed by atoms with Gasteiger partial charge < -0.3 is 19.7 Å². The minimum Gasteiger partial charge on any atom is -0.478 e. The third kappa shape index (κ3) is 6.83. The van der Waals surface area contributed by atoms with Crippen molar-refractivity contribution in [3.8, 4) is 0 Å². The third-order valence-electron chi connectivity index (χ3n) is 2.98. The highest BCUT2D eigenvalue weighted by atomic mass is 16.5. The van der Waals surface area contributed by atoms with E-state index in [1.165, 1.54) is 24.4 Å². The Balaban J connectivity index is 0.000000292. The molecule has 0 radical (unpaired) electrons. The van der Waals surface area contributed by atoms with E-state index in [9.17, 15) is 19.2 Å². The van der Waals surface area contributed by atoms with Crippen LogP contribution in [0, 0.1) is 0 Å². The van der Waals surface area contributed by atoms with Gasteiger partial charge in [-0.05, 0) is 38.1 Å². The van der Waals surface area contributed by atoms with Gasteiger partial charge in [0.05, 0.1) is 24.3 Å². The number of carbonyl (C=O) groups excluding carboxylic acids is 2. The van der Waals surface area contributed by atoms with Crippen LogP contribution in [0.1, 0.15) is 55.5 Å². The van der Waals surface area contributed by atoms with E-state index in [-0.39, 0.29) is 30.2 Å². The monoisotopic (exact) mass is 390 g/mol. The summed E-state index contributed by atoms with van der Waals surface area (Å²) >= 11 is 0. The second-order valence-corrected chi connectivity index (χ2v) is 4.91. The molecule has 10 heteroatoms. The first-order valence-corrected chi connectivity index (χ1v) is 8.03. The zero-order chi connectivity index (χ0) is 21.1. The molecular formula is C18H18N2O8. The molecule has 0 saturated heterocycles. The van der Waals surface area contributed by atoms with Crippen LogP contribution in [0.25, 0.3) is 0 Å². The molecule has 2 aromatic heterocycles. The highest BCUT2D eigenvalue weighted by Crippen LogP contribution is 2.05. The first kappa shape index (κ1) is 22.2. The predicted molar refractivity (Wildman–Crippen MR) is 94.3 cm³/mol. The maximum absolute atomic E-state index is 11.4. The van der Waals surface area contributed by atoms with Gasteiger partial charge in [0, 0.05) is 12.4 Å². The maximum atomic E-state index is 11.4. The lowest BCUT2D eigenvalue weighted by Crippen LogP contribution is -2.10. The van der Waals surface area contributed by atoms with Crippen molar-refractivity contribution in [2.45, 2.75) is 13.8 Å². The van der Waals surface area contributed by atoms with E-state index >= 15 is 0 Å². The number of rotatable bonds is 6. The summed E-state index contributed by atoms with van der Waals surface area (Å²) in [6, 6.07) is 5.08. The maximum Gasteiger partial charge on any atom is 0.356 e. The molecule has 0 aliphatic carbocycles. The van der Waals surface area contributed by atoms with Gasteiger partial charge in [0.2, 0.25) is 0 Å². The Morgan fingerprint density at radius 3 is 1.82 bits per heavy atom. The number of hydrogen-bond donors (Lipinski definition) is 2. The van der Waals surface area contributed by atoms with Crippen molar-refractivity contribution in [2.75, 3.05) is 13.2 Å². The lowest BCUT2D eigenvalue weighted by atomic mass is 10.2. The number of aromatic carboxylic acids is 2. The SMILES string of the molecule is CCOC(=O)c1ccnc(C(=O)OCC)c1.O=C(O)c1ccnc(C(=O)O)c1. The van der Waals surface area contributed by atoms with Crippen molar-refractivity contribution in [1.29, 1.82) is 0 Å². The van der Waals surface area contributed by atoms with E-state index in [1.807, 2.05) is 0 Å². The Morgan fingerprint density at radius 2 is 1.29 bits per heavy atom. The number of carboxylic acid groups (broad SMARTS) is 2. The standard InChI is InChI=1S/C11H13NO4.C7H5NO4/c1-3-15-10(13)8-5-6-12-9(7-8)11(14)16-4-2;9-6(10)4-1-2-8-5(3-4)7(11)12/h5-7H,3-4H2,1-2H3;1-3H,(H,9,10)(H,11,12). The minimum atomic E-state index is -1.24. The van der Waals surface area contributed by atoms with Gasteiger partial charge in [-0.3, -0.25) is 0 Å². The lowest BCUT2D eigenvalue weighted by molar-refractivity contribution is 0.0517. The number of esters is 2. The molecule has 2 heterocycles. The fourth-order valence-electron chi connectivity index (χ4n) is 1.77. The molecule has 2 aromatic rings. The van der Waals surface area contributed by atoms with E-state index in [0.29, 0.717) is 5.56 Å². The van der Waals surface area contributed by atoms with Crippen molar-refractivity contribution in [2.24, 2.45) is 0 Å². The minimum absolute atomic E-state index is 0.0811. The molecule has 2 rings (SSSR count). The summed E-state index contributed by atoms with van der Waals surface area (Å²) in [6.45, 7) is 3.97. The van der Waals surface area contributed by atoms with Gasteiger partial charge >= 0.3 is 23.9 Å². The van der Waals surface area contributed by atoms with Crippen molar-refractivity contribution in [1.82, 2.24) is 9.97 Å². The molecular weight excluding hydrogens is 372 g/mol. The van der Waals surface area contributed by atoms with E-state index in [2.05, 4.69) is 9.97 Å². The highest BCUT2D eigenvalue weighted by Gasteiger charge is 2.12. The Hall–Kier alpha value is -3.82. The Bertz CT molecular complexity index is 804. The number of carbonyl (C=O) groups is 4. The predicted octanol–water partition coefficient (Wildman–Crippen LogP) is 1.91. The molecule has 0 fully saturated rings. The fourth-order valence-corrected chi connectivity index (χ4v) is 1.77. The number of pyridine rings is 2. The quantitative estimate of drug-likeness (QED) is 0.699. The molecule has 148 valence electrons. The van der Waals surface area contributed by atoms with Crippen LogP contribution in [0.15, 0.2) is 36.7 Å². The van der Waals surface area contributed by atoms with Crippen molar-refractivity contribution in [3.63, 3.8) is 0 Å². The van der Waals surface area contributed by atoms with Crippen LogP contribution in [0.5, 0.6) is 0 Å². The Kier molecular flexibility index (Phi) is 8.74. The summed E-state index contributed by atoms with van der Waals surface area (Å²) in [7, 11) is 0. The molecule has 28 heavy (non-hydrogen) atoms. The molecule has 0 atom stereocenters. The van der Waals surface area contributed by atoms with E-state index in [1.54, 1.807) is 13.8 Å². The number of ether oxygens (including phenoxy) is 2. The van der Waals surface area contributed by atoms with Gasteiger partial charge in [-0.25, -0.2) is 29.1 Å². The molecule has 10 nitrogen and oxygen atoms in total. The first-order chi connectivity index (χ1) is 13.3. The van der Waals surface area contributed by atoms with Gasteiger partial charge in [0.15, 0.2) is 0 Å². The molecule has 0 unspecified atom stereocenters. The van der Waals surface area contributed by atoms with Crippen LogP contribution >= 0.6 is 0 Å². The molecule has 0 aliphatic heterocycles. The van der Waals surface area contributed by atoms with Crippen molar-refractivity contribution < 1.29 is 38.9 Å². The number of aromatic nitrogens is 2. The van der Waals surface area contributed by atoms with Gasteiger partial charge in [-0.2, -0.15) is 0 Å². The number of hydrogen-bond acceptors (Lipinski definition) is 8. The van der Waals surface area contributed by atoms with Crippen molar-refractivity contribution >= 4 is 23.9 Å². The number of carboxylic acids is 2. The van der Waals surface area contributed by atoms with Crippen LogP contribution in [-0.4, -0.2) is 57.3 Å². The zero-order valence-electron chi connectivity index (χ0n) is 15.1. The molecule has 0 aromatic carbocycles. The molecule has 0 bridgehead atoms. The molecule has 0 aliphatic rings. The topological polar surface area (TPSA) is 153 Å². The summed E-state index contributed by atoms with van der Waals surface area (Å²) in [5, 5.41) is 16.9. The van der Waals surface area contributed by atoms with E-state index in [4.69, 9.17) is 19.7 Å². The summed E-state index contributed by atoms with van der Waals surface area (Å²) in [4.78, 5) is 50.7. The fraction of sp³-hybridized carbons (Fsp3) is 0.222. The second kappa shape index (κ2) is 11.0. The zero-order valence-corrected chi connectivity index (χ0v) is 15.1. The van der Waals surface area contributed by atoms with Crippen molar-refractivity contribution in [3.05, 3.63) is 59.2 Å². The summed E-state index contributed by atoms with van der Waals surface area (Å²) in [5.74, 6) is -3.43. The van der Waals surface area contributed by atoms with Crippen LogP contribution < -0.4 is 0 Å². The third-order valence-corrected chi connectivity index (χ3v) is 2.98. The normalized spacial score (nSPS) is 9.50. The highest BCUT2D eigenvalue weighted by molar-refractivity contribution is 5.94. The van der Waals surface area contributed by atoms with Crippen LogP contribution in [0.3, 0.4) is 0 Å². The number of nitrogens with zero attached hydrogens (tertiary/aromatic N) is 2. The van der Waals surface area contributed by atoms with Gasteiger partial charge in [-0.1, -0.05) is 0 Å². The summed E-state index contributed by atoms with van der Waals surface area (Å²) in [6.07, 6.45) is 2.52. The molecule has 2 N–H and O–H groups in total. The Morgan fingerprint density at radius 1 is 0.786 bits per heavy atom.